The van der Waals surface area contributed by atoms with Crippen molar-refractivity contribution in [3.05, 3.63) is 29.8 Å². The first-order chi connectivity index (χ1) is 10.6. The SMILES string of the molecule is CO[C@H](CCOC(=O)CS)[C@H](O)c1ccccc1OCCO. The predicted molar refractivity (Wildman–Crippen MR) is 84.2 cm³/mol. The molecule has 0 unspecified atom stereocenters. The second kappa shape index (κ2) is 10.4. The maximum atomic E-state index is 11.0. The number of methoxy groups -OCH3 is 1. The number of aliphatic hydroxyl groups excluding tert-OH is 2. The predicted octanol–water partition coefficient (Wildman–Crippen LogP) is 0.969. The smallest absolute Gasteiger partial charge is 0.315 e. The molecular formula is C15H22O6S. The lowest BCUT2D eigenvalue weighted by molar-refractivity contribution is -0.141. The molecular weight excluding hydrogens is 308 g/mol. The summed E-state index contributed by atoms with van der Waals surface area (Å²) in [5.41, 5.74) is 0.559. The molecule has 0 fully saturated rings. The molecule has 1 rings (SSSR count). The molecule has 0 heterocycles. The maximum Gasteiger partial charge on any atom is 0.315 e. The van der Waals surface area contributed by atoms with E-state index in [1.807, 2.05) is 0 Å². The summed E-state index contributed by atoms with van der Waals surface area (Å²) in [6, 6.07) is 6.99. The zero-order valence-corrected chi connectivity index (χ0v) is 13.4. The van der Waals surface area contributed by atoms with Crippen LogP contribution in [0.15, 0.2) is 24.3 Å². The summed E-state index contributed by atoms with van der Waals surface area (Å²) in [6.45, 7) is 0.160. The van der Waals surface area contributed by atoms with E-state index in [-0.39, 0.29) is 25.6 Å². The van der Waals surface area contributed by atoms with Gasteiger partial charge in [-0.15, -0.1) is 0 Å². The highest BCUT2D eigenvalue weighted by atomic mass is 32.1. The molecule has 2 N–H and O–H groups in total. The van der Waals surface area contributed by atoms with Crippen LogP contribution in [0, 0.1) is 0 Å². The van der Waals surface area contributed by atoms with Crippen molar-refractivity contribution in [1.29, 1.82) is 0 Å². The Labute approximate surface area is 135 Å². The van der Waals surface area contributed by atoms with Gasteiger partial charge in [-0.3, -0.25) is 4.79 Å². The van der Waals surface area contributed by atoms with Crippen LogP contribution in [0.2, 0.25) is 0 Å². The molecule has 0 amide bonds. The molecule has 1 aromatic carbocycles. The number of para-hydroxylation sites is 1. The van der Waals surface area contributed by atoms with Gasteiger partial charge in [0.25, 0.3) is 0 Å². The molecule has 1 aromatic rings. The third-order valence-corrected chi connectivity index (χ3v) is 3.29. The second-order valence-corrected chi connectivity index (χ2v) is 4.81. The molecule has 7 heteroatoms. The van der Waals surface area contributed by atoms with Crippen molar-refractivity contribution in [3.63, 3.8) is 0 Å². The number of carbonyl (C=O) groups is 1. The Bertz CT molecular complexity index is 453. The van der Waals surface area contributed by atoms with Crippen molar-refractivity contribution in [2.75, 3.05) is 32.7 Å². The topological polar surface area (TPSA) is 85.2 Å². The lowest BCUT2D eigenvalue weighted by Crippen LogP contribution is -2.24. The van der Waals surface area contributed by atoms with Crippen molar-refractivity contribution in [2.24, 2.45) is 0 Å². The van der Waals surface area contributed by atoms with Crippen LogP contribution in [-0.2, 0) is 14.3 Å². The molecule has 0 radical (unpaired) electrons. The van der Waals surface area contributed by atoms with Crippen molar-refractivity contribution < 1.29 is 29.2 Å². The van der Waals surface area contributed by atoms with Crippen LogP contribution in [-0.4, -0.2) is 55.0 Å². The lowest BCUT2D eigenvalue weighted by atomic mass is 10.0. The van der Waals surface area contributed by atoms with E-state index in [1.54, 1.807) is 24.3 Å². The third kappa shape index (κ3) is 5.84. The number of thiol groups is 1. The molecule has 0 spiro atoms. The van der Waals surface area contributed by atoms with Crippen LogP contribution in [0.1, 0.15) is 18.1 Å². The maximum absolute atomic E-state index is 11.0. The van der Waals surface area contributed by atoms with Gasteiger partial charge in [0.2, 0.25) is 0 Å². The van der Waals surface area contributed by atoms with Gasteiger partial charge in [-0.2, -0.15) is 12.6 Å². The summed E-state index contributed by atoms with van der Waals surface area (Å²) >= 11 is 3.81. The quantitative estimate of drug-likeness (QED) is 0.438. The van der Waals surface area contributed by atoms with Crippen LogP contribution in [0.4, 0.5) is 0 Å². The van der Waals surface area contributed by atoms with Crippen LogP contribution in [0.25, 0.3) is 0 Å². The number of ether oxygens (including phenoxy) is 3. The molecule has 0 aromatic heterocycles. The zero-order valence-electron chi connectivity index (χ0n) is 12.5. The van der Waals surface area contributed by atoms with Gasteiger partial charge < -0.3 is 24.4 Å². The largest absolute Gasteiger partial charge is 0.491 e. The Kier molecular flexibility index (Phi) is 8.91. The highest BCUT2D eigenvalue weighted by molar-refractivity contribution is 7.81. The molecule has 0 aliphatic carbocycles. The van der Waals surface area contributed by atoms with Crippen molar-refractivity contribution >= 4 is 18.6 Å². The minimum atomic E-state index is -0.936. The number of hydrogen-bond donors (Lipinski definition) is 3. The van der Waals surface area contributed by atoms with Crippen molar-refractivity contribution in [1.82, 2.24) is 0 Å². The van der Waals surface area contributed by atoms with Gasteiger partial charge in [0.1, 0.15) is 18.5 Å². The molecule has 0 bridgehead atoms. The minimum Gasteiger partial charge on any atom is -0.491 e. The number of benzene rings is 1. The Morgan fingerprint density at radius 2 is 2.05 bits per heavy atom. The van der Waals surface area contributed by atoms with Crippen LogP contribution in [0.5, 0.6) is 5.75 Å². The molecule has 0 aliphatic heterocycles. The van der Waals surface area contributed by atoms with Gasteiger partial charge >= 0.3 is 5.97 Å². The molecule has 0 aliphatic rings. The Morgan fingerprint density at radius 1 is 1.32 bits per heavy atom. The van der Waals surface area contributed by atoms with Crippen LogP contribution >= 0.6 is 12.6 Å². The summed E-state index contributed by atoms with van der Waals surface area (Å²) < 4.78 is 15.6. The summed E-state index contributed by atoms with van der Waals surface area (Å²) in [5.74, 6) is 0.0794. The Morgan fingerprint density at radius 3 is 2.68 bits per heavy atom. The number of carbonyl (C=O) groups excluding carboxylic acids is 1. The lowest BCUT2D eigenvalue weighted by Gasteiger charge is -2.23. The molecule has 6 nitrogen and oxygen atoms in total. The minimum absolute atomic E-state index is 0.0119. The van der Waals surface area contributed by atoms with Crippen LogP contribution < -0.4 is 4.74 Å². The average Bonchev–Trinajstić information content (AvgIpc) is 2.56. The van der Waals surface area contributed by atoms with Gasteiger partial charge in [0.05, 0.1) is 25.1 Å². The first-order valence-corrected chi connectivity index (χ1v) is 7.57. The summed E-state index contributed by atoms with van der Waals surface area (Å²) in [7, 11) is 1.48. The van der Waals surface area contributed by atoms with E-state index in [0.29, 0.717) is 17.7 Å². The molecule has 22 heavy (non-hydrogen) atoms. The fraction of sp³-hybridized carbons (Fsp3) is 0.533. The molecule has 2 atom stereocenters. The first-order valence-electron chi connectivity index (χ1n) is 6.94. The highest BCUT2D eigenvalue weighted by Gasteiger charge is 2.24. The average molecular weight is 330 g/mol. The van der Waals surface area contributed by atoms with E-state index in [1.165, 1.54) is 7.11 Å². The van der Waals surface area contributed by atoms with Crippen molar-refractivity contribution in [3.8, 4) is 5.75 Å². The van der Waals surface area contributed by atoms with Gasteiger partial charge in [-0.25, -0.2) is 0 Å². The van der Waals surface area contributed by atoms with E-state index < -0.39 is 18.2 Å². The van der Waals surface area contributed by atoms with E-state index in [4.69, 9.17) is 19.3 Å². The Balaban J connectivity index is 2.70. The van der Waals surface area contributed by atoms with Crippen molar-refractivity contribution in [2.45, 2.75) is 18.6 Å². The third-order valence-electron chi connectivity index (χ3n) is 3.04. The number of hydrogen-bond acceptors (Lipinski definition) is 7. The summed E-state index contributed by atoms with van der Waals surface area (Å²) in [4.78, 5) is 11.0. The van der Waals surface area contributed by atoms with Gasteiger partial charge in [-0.1, -0.05) is 18.2 Å². The summed E-state index contributed by atoms with van der Waals surface area (Å²) in [5, 5.41) is 19.3. The van der Waals surface area contributed by atoms with E-state index >= 15 is 0 Å². The Hall–Kier alpha value is -1.28. The van der Waals surface area contributed by atoms with E-state index in [9.17, 15) is 9.90 Å². The summed E-state index contributed by atoms with van der Waals surface area (Å²) in [6.07, 6.45) is -1.15. The van der Waals surface area contributed by atoms with E-state index in [0.717, 1.165) is 0 Å². The normalized spacial score (nSPS) is 13.5. The molecule has 0 saturated heterocycles. The highest BCUT2D eigenvalue weighted by Crippen LogP contribution is 2.29. The van der Waals surface area contributed by atoms with Gasteiger partial charge in [0, 0.05) is 19.1 Å². The van der Waals surface area contributed by atoms with Crippen LogP contribution in [0.3, 0.4) is 0 Å². The monoisotopic (exact) mass is 330 g/mol. The number of rotatable bonds is 10. The molecule has 124 valence electrons. The standard InChI is InChI=1S/C15H22O6S/c1-19-13(6-8-21-14(17)10-22)15(18)11-4-2-3-5-12(11)20-9-7-16/h2-5,13,15-16,18,22H,6-10H2,1H3/t13-,15-/m1/s1. The number of esters is 1. The first kappa shape index (κ1) is 18.8. The van der Waals surface area contributed by atoms with Gasteiger partial charge in [0.15, 0.2) is 0 Å². The van der Waals surface area contributed by atoms with Gasteiger partial charge in [-0.05, 0) is 6.07 Å². The van der Waals surface area contributed by atoms with E-state index in [2.05, 4.69) is 12.6 Å². The fourth-order valence-corrected chi connectivity index (χ4v) is 2.04. The second-order valence-electron chi connectivity index (χ2n) is 4.50. The zero-order chi connectivity index (χ0) is 16.4. The number of aliphatic hydroxyl groups is 2. The fourth-order valence-electron chi connectivity index (χ4n) is 1.95. The molecule has 0 saturated carbocycles.